The monoisotopic (exact) mass is 242 g/mol. The second-order valence-corrected chi connectivity index (χ2v) is 5.34. The molecule has 0 aromatic rings. The summed E-state index contributed by atoms with van der Waals surface area (Å²) in [6, 6.07) is 1.20. The number of nitrogens with zero attached hydrogens (tertiary/aromatic N) is 1. The highest BCUT2D eigenvalue weighted by atomic mass is 16.5. The fourth-order valence-electron chi connectivity index (χ4n) is 2.75. The van der Waals surface area contributed by atoms with E-state index in [2.05, 4.69) is 38.0 Å². The van der Waals surface area contributed by atoms with Crippen molar-refractivity contribution in [1.82, 2.24) is 10.2 Å². The van der Waals surface area contributed by atoms with Crippen LogP contribution in [0.15, 0.2) is 0 Å². The Morgan fingerprint density at radius 2 is 2.18 bits per heavy atom. The van der Waals surface area contributed by atoms with E-state index in [4.69, 9.17) is 4.74 Å². The molecule has 0 saturated carbocycles. The van der Waals surface area contributed by atoms with E-state index in [1.54, 1.807) is 0 Å². The minimum atomic E-state index is 0.599. The molecular weight excluding hydrogens is 212 g/mol. The Hall–Kier alpha value is -0.120. The fraction of sp³-hybridized carbons (Fsp3) is 1.00. The van der Waals surface area contributed by atoms with Crippen LogP contribution in [0.25, 0.3) is 0 Å². The summed E-state index contributed by atoms with van der Waals surface area (Å²) in [6.45, 7) is 10.9. The maximum atomic E-state index is 5.55. The SMILES string of the molecule is CCNC(CC)C(C)N(C)CC1CCCOC1. The predicted octanol–water partition coefficient (Wildman–Crippen LogP) is 2.12. The van der Waals surface area contributed by atoms with Gasteiger partial charge in [0.25, 0.3) is 0 Å². The quantitative estimate of drug-likeness (QED) is 0.740. The van der Waals surface area contributed by atoms with Crippen LogP contribution in [-0.4, -0.2) is 50.3 Å². The lowest BCUT2D eigenvalue weighted by molar-refractivity contribution is 0.0344. The van der Waals surface area contributed by atoms with Gasteiger partial charge in [-0.3, -0.25) is 0 Å². The molecule has 1 N–H and O–H groups in total. The van der Waals surface area contributed by atoms with Gasteiger partial charge in [0.15, 0.2) is 0 Å². The molecule has 1 saturated heterocycles. The summed E-state index contributed by atoms with van der Waals surface area (Å²) in [4.78, 5) is 2.50. The highest BCUT2D eigenvalue weighted by molar-refractivity contribution is 4.80. The molecule has 3 atom stereocenters. The Morgan fingerprint density at radius 3 is 2.71 bits per heavy atom. The minimum Gasteiger partial charge on any atom is -0.381 e. The van der Waals surface area contributed by atoms with E-state index in [0.717, 1.165) is 25.7 Å². The molecule has 1 heterocycles. The first-order valence-electron chi connectivity index (χ1n) is 7.20. The van der Waals surface area contributed by atoms with Crippen molar-refractivity contribution in [3.8, 4) is 0 Å². The van der Waals surface area contributed by atoms with Crippen LogP contribution in [0.5, 0.6) is 0 Å². The highest BCUT2D eigenvalue weighted by Gasteiger charge is 2.22. The molecule has 0 aliphatic carbocycles. The largest absolute Gasteiger partial charge is 0.381 e. The fourth-order valence-corrected chi connectivity index (χ4v) is 2.75. The third-order valence-electron chi connectivity index (χ3n) is 3.98. The Balaban J connectivity index is 2.35. The highest BCUT2D eigenvalue weighted by Crippen LogP contribution is 2.16. The van der Waals surface area contributed by atoms with Crippen LogP contribution in [0, 0.1) is 5.92 Å². The molecule has 3 unspecified atom stereocenters. The van der Waals surface area contributed by atoms with Crippen molar-refractivity contribution in [3.05, 3.63) is 0 Å². The van der Waals surface area contributed by atoms with E-state index in [-0.39, 0.29) is 0 Å². The zero-order valence-electron chi connectivity index (χ0n) is 12.0. The Morgan fingerprint density at radius 1 is 1.41 bits per heavy atom. The van der Waals surface area contributed by atoms with Crippen LogP contribution in [0.2, 0.25) is 0 Å². The van der Waals surface area contributed by atoms with Gasteiger partial charge < -0.3 is 15.0 Å². The van der Waals surface area contributed by atoms with Gasteiger partial charge in [-0.1, -0.05) is 13.8 Å². The molecule has 1 fully saturated rings. The number of rotatable bonds is 7. The van der Waals surface area contributed by atoms with Gasteiger partial charge in [0, 0.05) is 25.2 Å². The van der Waals surface area contributed by atoms with Crippen molar-refractivity contribution in [2.45, 2.75) is 52.1 Å². The molecule has 1 aliphatic rings. The van der Waals surface area contributed by atoms with Gasteiger partial charge in [-0.05, 0) is 45.7 Å². The molecule has 3 heteroatoms. The van der Waals surface area contributed by atoms with Crippen molar-refractivity contribution in [2.75, 3.05) is 33.4 Å². The first-order chi connectivity index (χ1) is 8.19. The Bertz CT molecular complexity index is 193. The van der Waals surface area contributed by atoms with Gasteiger partial charge in [-0.2, -0.15) is 0 Å². The van der Waals surface area contributed by atoms with Crippen LogP contribution in [-0.2, 0) is 4.74 Å². The van der Waals surface area contributed by atoms with E-state index < -0.39 is 0 Å². The maximum Gasteiger partial charge on any atom is 0.0506 e. The van der Waals surface area contributed by atoms with Gasteiger partial charge >= 0.3 is 0 Å². The summed E-state index contributed by atoms with van der Waals surface area (Å²) >= 11 is 0. The number of hydrogen-bond acceptors (Lipinski definition) is 3. The van der Waals surface area contributed by atoms with Crippen LogP contribution < -0.4 is 5.32 Å². The maximum absolute atomic E-state index is 5.55. The van der Waals surface area contributed by atoms with Crippen LogP contribution in [0.1, 0.15) is 40.0 Å². The van der Waals surface area contributed by atoms with Crippen molar-refractivity contribution >= 4 is 0 Å². The smallest absolute Gasteiger partial charge is 0.0506 e. The molecule has 0 radical (unpaired) electrons. The summed E-state index contributed by atoms with van der Waals surface area (Å²) < 4.78 is 5.55. The number of hydrogen-bond donors (Lipinski definition) is 1. The molecule has 0 amide bonds. The standard InChI is InChI=1S/C14H30N2O/c1-5-14(15-6-2)12(3)16(4)10-13-8-7-9-17-11-13/h12-15H,5-11H2,1-4H3. The summed E-state index contributed by atoms with van der Waals surface area (Å²) in [5.41, 5.74) is 0. The molecule has 3 nitrogen and oxygen atoms in total. The zero-order valence-corrected chi connectivity index (χ0v) is 12.0. The molecule has 0 aromatic carbocycles. The molecule has 0 aromatic heterocycles. The average molecular weight is 242 g/mol. The first-order valence-corrected chi connectivity index (χ1v) is 7.20. The predicted molar refractivity (Wildman–Crippen MR) is 73.4 cm³/mol. The van der Waals surface area contributed by atoms with Gasteiger partial charge in [0.2, 0.25) is 0 Å². The summed E-state index contributed by atoms with van der Waals surface area (Å²) in [5.74, 6) is 0.732. The minimum absolute atomic E-state index is 0.599. The van der Waals surface area contributed by atoms with Gasteiger partial charge in [-0.25, -0.2) is 0 Å². The third-order valence-corrected chi connectivity index (χ3v) is 3.98. The van der Waals surface area contributed by atoms with Gasteiger partial charge in [-0.15, -0.1) is 0 Å². The van der Waals surface area contributed by atoms with E-state index in [9.17, 15) is 0 Å². The number of ether oxygens (including phenoxy) is 1. The zero-order chi connectivity index (χ0) is 12.7. The lowest BCUT2D eigenvalue weighted by Crippen LogP contribution is -2.48. The summed E-state index contributed by atoms with van der Waals surface area (Å²) in [7, 11) is 2.25. The van der Waals surface area contributed by atoms with Crippen molar-refractivity contribution in [3.63, 3.8) is 0 Å². The lowest BCUT2D eigenvalue weighted by Gasteiger charge is -2.35. The molecule has 1 aliphatic heterocycles. The summed E-state index contributed by atoms with van der Waals surface area (Å²) in [5, 5.41) is 3.58. The molecular formula is C14H30N2O. The molecule has 17 heavy (non-hydrogen) atoms. The van der Waals surface area contributed by atoms with Crippen molar-refractivity contribution in [1.29, 1.82) is 0 Å². The van der Waals surface area contributed by atoms with Crippen molar-refractivity contribution in [2.24, 2.45) is 5.92 Å². The van der Waals surface area contributed by atoms with E-state index >= 15 is 0 Å². The van der Waals surface area contributed by atoms with E-state index in [1.165, 1.54) is 25.8 Å². The Kier molecular flexibility index (Phi) is 7.09. The van der Waals surface area contributed by atoms with Gasteiger partial charge in [0.1, 0.15) is 0 Å². The van der Waals surface area contributed by atoms with Crippen molar-refractivity contribution < 1.29 is 4.74 Å². The number of nitrogens with one attached hydrogen (secondary N) is 1. The topological polar surface area (TPSA) is 24.5 Å². The third kappa shape index (κ3) is 4.94. The van der Waals surface area contributed by atoms with Crippen LogP contribution >= 0.6 is 0 Å². The second kappa shape index (κ2) is 8.06. The van der Waals surface area contributed by atoms with E-state index in [1.807, 2.05) is 0 Å². The average Bonchev–Trinajstić information content (AvgIpc) is 2.36. The second-order valence-electron chi connectivity index (χ2n) is 5.34. The van der Waals surface area contributed by atoms with E-state index in [0.29, 0.717) is 12.1 Å². The molecule has 1 rings (SSSR count). The normalized spacial score (nSPS) is 24.9. The summed E-state index contributed by atoms with van der Waals surface area (Å²) in [6.07, 6.45) is 3.76. The molecule has 0 bridgehead atoms. The molecule has 0 spiro atoms. The Labute approximate surface area is 107 Å². The number of likely N-dealkylation sites (N-methyl/N-ethyl adjacent to an activating group) is 2. The van der Waals surface area contributed by atoms with Gasteiger partial charge in [0.05, 0.1) is 6.61 Å². The van der Waals surface area contributed by atoms with Crippen LogP contribution in [0.3, 0.4) is 0 Å². The lowest BCUT2D eigenvalue weighted by atomic mass is 9.99. The van der Waals surface area contributed by atoms with Crippen LogP contribution in [0.4, 0.5) is 0 Å². The first kappa shape index (κ1) is 14.9. The molecule has 102 valence electrons.